The van der Waals surface area contributed by atoms with Crippen molar-refractivity contribution < 1.29 is 27.2 Å². The molecule has 5 rings (SSSR count). The molecule has 0 aliphatic carbocycles. The molecule has 0 amide bonds. The topological polar surface area (TPSA) is 95.5 Å². The van der Waals surface area contributed by atoms with Crippen molar-refractivity contribution in [1.82, 2.24) is 19.9 Å². The number of rotatable bonds is 6. The summed E-state index contributed by atoms with van der Waals surface area (Å²) in [6.07, 6.45) is -4.78. The fourth-order valence-corrected chi connectivity index (χ4v) is 3.77. The van der Waals surface area contributed by atoms with Gasteiger partial charge in [0, 0.05) is 30.4 Å². The van der Waals surface area contributed by atoms with Gasteiger partial charge in [0.25, 0.3) is 11.4 Å². The highest BCUT2D eigenvalue weighted by Gasteiger charge is 2.31. The summed E-state index contributed by atoms with van der Waals surface area (Å²) >= 11 is 0. The van der Waals surface area contributed by atoms with E-state index in [1.165, 1.54) is 28.9 Å². The third-order valence-electron chi connectivity index (χ3n) is 5.48. The molecular formula is C24H20F3N5O4. The molecular weight excluding hydrogens is 479 g/mol. The molecule has 1 fully saturated rings. The quantitative estimate of drug-likeness (QED) is 0.396. The van der Waals surface area contributed by atoms with Crippen LogP contribution < -0.4 is 15.2 Å². The summed E-state index contributed by atoms with van der Waals surface area (Å²) in [6.45, 7) is 3.19. The molecule has 0 atom stereocenters. The number of hydrogen-bond acceptors (Lipinski definition) is 8. The van der Waals surface area contributed by atoms with Crippen LogP contribution in [0, 0.1) is 0 Å². The Kier molecular flexibility index (Phi) is 6.42. The highest BCUT2D eigenvalue weighted by atomic mass is 19.4. The van der Waals surface area contributed by atoms with E-state index in [-0.39, 0.29) is 35.3 Å². The Morgan fingerprint density at radius 3 is 2.53 bits per heavy atom. The van der Waals surface area contributed by atoms with E-state index in [4.69, 9.17) is 9.26 Å². The van der Waals surface area contributed by atoms with Crippen molar-refractivity contribution in [3.63, 3.8) is 0 Å². The first-order chi connectivity index (χ1) is 17.3. The van der Waals surface area contributed by atoms with Crippen LogP contribution in [0.2, 0.25) is 0 Å². The molecule has 9 nitrogen and oxygen atoms in total. The summed E-state index contributed by atoms with van der Waals surface area (Å²) in [7, 11) is 0. The number of alkyl halides is 3. The zero-order valence-electron chi connectivity index (χ0n) is 18.8. The lowest BCUT2D eigenvalue weighted by Crippen LogP contribution is -2.36. The van der Waals surface area contributed by atoms with Gasteiger partial charge in [-0.2, -0.15) is 10.1 Å². The Morgan fingerprint density at radius 2 is 1.78 bits per heavy atom. The van der Waals surface area contributed by atoms with Crippen molar-refractivity contribution in [3.8, 4) is 28.7 Å². The molecule has 2 aromatic heterocycles. The first kappa shape index (κ1) is 23.5. The highest BCUT2D eigenvalue weighted by Crippen LogP contribution is 2.26. The van der Waals surface area contributed by atoms with Crippen LogP contribution in [0.5, 0.6) is 5.75 Å². The number of halogens is 3. The second-order valence-corrected chi connectivity index (χ2v) is 7.98. The van der Waals surface area contributed by atoms with Crippen LogP contribution in [0.4, 0.5) is 18.9 Å². The van der Waals surface area contributed by atoms with Gasteiger partial charge in [-0.05, 0) is 48.0 Å². The molecule has 0 bridgehead atoms. The van der Waals surface area contributed by atoms with Crippen LogP contribution in [-0.2, 0) is 11.3 Å². The van der Waals surface area contributed by atoms with Crippen molar-refractivity contribution >= 4 is 5.69 Å². The summed E-state index contributed by atoms with van der Waals surface area (Å²) in [4.78, 5) is 19.0. The summed E-state index contributed by atoms with van der Waals surface area (Å²) in [5.74, 6) is -0.140. The minimum absolute atomic E-state index is 0.0661. The lowest BCUT2D eigenvalue weighted by molar-refractivity contribution is -0.274. The Balaban J connectivity index is 1.34. The lowest BCUT2D eigenvalue weighted by Gasteiger charge is -2.29. The van der Waals surface area contributed by atoms with Crippen molar-refractivity contribution in [2.24, 2.45) is 0 Å². The molecule has 0 saturated carbocycles. The summed E-state index contributed by atoms with van der Waals surface area (Å²) in [5, 5.41) is 8.24. The molecule has 0 radical (unpaired) electrons. The Labute approximate surface area is 202 Å². The van der Waals surface area contributed by atoms with E-state index in [9.17, 15) is 18.0 Å². The smallest absolute Gasteiger partial charge is 0.406 e. The van der Waals surface area contributed by atoms with Gasteiger partial charge in [0.05, 0.1) is 19.8 Å². The molecule has 0 spiro atoms. The van der Waals surface area contributed by atoms with Gasteiger partial charge in [0.2, 0.25) is 5.82 Å². The van der Waals surface area contributed by atoms with Gasteiger partial charge in [0.1, 0.15) is 11.4 Å². The first-order valence-electron chi connectivity index (χ1n) is 11.0. The molecule has 0 N–H and O–H groups in total. The second kappa shape index (κ2) is 9.82. The number of ether oxygens (including phenoxy) is 2. The van der Waals surface area contributed by atoms with Gasteiger partial charge in [-0.25, -0.2) is 4.68 Å². The van der Waals surface area contributed by atoms with Gasteiger partial charge < -0.3 is 18.9 Å². The number of nitrogens with zero attached hydrogens (tertiary/aromatic N) is 5. The number of aromatic nitrogens is 4. The largest absolute Gasteiger partial charge is 0.573 e. The van der Waals surface area contributed by atoms with E-state index in [0.29, 0.717) is 18.8 Å². The van der Waals surface area contributed by atoms with Crippen LogP contribution in [-0.4, -0.2) is 52.6 Å². The molecule has 1 aliphatic rings. The van der Waals surface area contributed by atoms with Gasteiger partial charge in [-0.1, -0.05) is 17.3 Å². The van der Waals surface area contributed by atoms with Crippen LogP contribution >= 0.6 is 0 Å². The van der Waals surface area contributed by atoms with Crippen LogP contribution in [0.1, 0.15) is 5.56 Å². The predicted molar refractivity (Wildman–Crippen MR) is 122 cm³/mol. The highest BCUT2D eigenvalue weighted by molar-refractivity contribution is 5.58. The molecule has 36 heavy (non-hydrogen) atoms. The third-order valence-corrected chi connectivity index (χ3v) is 5.48. The van der Waals surface area contributed by atoms with Gasteiger partial charge in [0.15, 0.2) is 0 Å². The van der Waals surface area contributed by atoms with Gasteiger partial charge in [-0.3, -0.25) is 4.79 Å². The van der Waals surface area contributed by atoms with E-state index in [2.05, 4.69) is 24.9 Å². The predicted octanol–water partition coefficient (Wildman–Crippen LogP) is 3.74. The van der Waals surface area contributed by atoms with Crippen LogP contribution in [0.15, 0.2) is 70.0 Å². The second-order valence-electron chi connectivity index (χ2n) is 7.98. The average Bonchev–Trinajstić information content (AvgIpc) is 3.36. The minimum Gasteiger partial charge on any atom is -0.406 e. The van der Waals surface area contributed by atoms with Crippen molar-refractivity contribution in [2.45, 2.75) is 12.9 Å². The lowest BCUT2D eigenvalue weighted by atomic mass is 10.2. The van der Waals surface area contributed by atoms with E-state index in [1.807, 2.05) is 24.3 Å². The Hall–Kier alpha value is -4.19. The zero-order chi connectivity index (χ0) is 25.1. The van der Waals surface area contributed by atoms with Crippen molar-refractivity contribution in [1.29, 1.82) is 0 Å². The fraction of sp³-hybridized carbons (Fsp3) is 0.250. The molecule has 2 aromatic carbocycles. The van der Waals surface area contributed by atoms with E-state index in [1.54, 1.807) is 0 Å². The van der Waals surface area contributed by atoms with E-state index >= 15 is 0 Å². The maximum atomic E-state index is 12.5. The minimum atomic E-state index is -4.78. The molecule has 12 heteroatoms. The summed E-state index contributed by atoms with van der Waals surface area (Å²) in [5.41, 5.74) is 2.37. The standard InChI is InChI=1S/C24H20F3N5O4/c25-24(26,27)35-19-6-4-17(5-7-19)22-28-23(36-30-22)20-8-9-21(33)32(29-20)15-16-2-1-3-18(14-16)31-10-12-34-13-11-31/h1-9,14H,10-13,15H2. The maximum Gasteiger partial charge on any atom is 0.573 e. The summed E-state index contributed by atoms with van der Waals surface area (Å²) < 4.78 is 53.0. The monoisotopic (exact) mass is 499 g/mol. The van der Waals surface area contributed by atoms with Gasteiger partial charge in [-0.15, -0.1) is 13.2 Å². The summed E-state index contributed by atoms with van der Waals surface area (Å²) in [6, 6.07) is 15.8. The number of anilines is 1. The first-order valence-corrected chi connectivity index (χ1v) is 11.0. The molecule has 0 unspecified atom stereocenters. The van der Waals surface area contributed by atoms with Crippen LogP contribution in [0.3, 0.4) is 0 Å². The molecule has 186 valence electrons. The van der Waals surface area contributed by atoms with Crippen molar-refractivity contribution in [2.75, 3.05) is 31.2 Å². The van der Waals surface area contributed by atoms with Crippen molar-refractivity contribution in [3.05, 3.63) is 76.6 Å². The van der Waals surface area contributed by atoms with Gasteiger partial charge >= 0.3 is 6.36 Å². The molecule has 3 heterocycles. The average molecular weight is 499 g/mol. The SMILES string of the molecule is O=c1ccc(-c2nc(-c3ccc(OC(F)(F)F)cc3)no2)nn1Cc1cccc(N2CCOCC2)c1. The molecule has 1 aliphatic heterocycles. The Morgan fingerprint density at radius 1 is 1.00 bits per heavy atom. The fourth-order valence-electron chi connectivity index (χ4n) is 3.77. The molecule has 1 saturated heterocycles. The number of morpholine rings is 1. The van der Waals surface area contributed by atoms with Crippen LogP contribution in [0.25, 0.3) is 23.0 Å². The van der Waals surface area contributed by atoms with E-state index in [0.717, 1.165) is 36.5 Å². The maximum absolute atomic E-state index is 12.5. The third kappa shape index (κ3) is 5.54. The van der Waals surface area contributed by atoms with E-state index < -0.39 is 6.36 Å². The molecule has 4 aromatic rings. The number of benzene rings is 2. The number of hydrogen-bond donors (Lipinski definition) is 0. The zero-order valence-corrected chi connectivity index (χ0v) is 18.8. The Bertz CT molecular complexity index is 1400. The normalized spacial score (nSPS) is 14.1.